The van der Waals surface area contributed by atoms with E-state index in [0.29, 0.717) is 23.3 Å². The maximum absolute atomic E-state index is 12.8. The minimum Gasteiger partial charge on any atom is -0.455 e. The molecule has 0 radical (unpaired) electrons. The van der Waals surface area contributed by atoms with E-state index >= 15 is 0 Å². The fraction of sp³-hybridized carbons (Fsp3) is 0.118. The van der Waals surface area contributed by atoms with Crippen LogP contribution < -0.4 is 10.5 Å². The maximum Gasteiger partial charge on any atom is 0.416 e. The molecule has 0 saturated carbocycles. The highest BCUT2D eigenvalue weighted by molar-refractivity contribution is 5.79. The van der Waals surface area contributed by atoms with Crippen molar-refractivity contribution in [2.45, 2.75) is 12.1 Å². The molecule has 1 aliphatic heterocycles. The predicted molar refractivity (Wildman–Crippen MR) is 79.7 cm³/mol. The molecular weight excluding hydrogens is 307 g/mol. The predicted octanol–water partition coefficient (Wildman–Crippen LogP) is 4.00. The number of aldehydes is 1. The van der Waals surface area contributed by atoms with Crippen LogP contribution in [0.1, 0.15) is 22.6 Å². The minimum atomic E-state index is -4.45. The number of anilines is 1. The number of fused-ring (bicyclic) bond motifs is 1. The number of rotatable bonds is 2. The lowest BCUT2D eigenvalue weighted by atomic mass is 9.94. The lowest BCUT2D eigenvalue weighted by molar-refractivity contribution is -0.137. The Balaban J connectivity index is 2.07. The Bertz CT molecular complexity index is 797. The Labute approximate surface area is 130 Å². The smallest absolute Gasteiger partial charge is 0.416 e. The monoisotopic (exact) mass is 319 g/mol. The van der Waals surface area contributed by atoms with Gasteiger partial charge in [-0.1, -0.05) is 24.3 Å². The first kappa shape index (κ1) is 15.1. The fourth-order valence-corrected chi connectivity index (χ4v) is 2.47. The van der Waals surface area contributed by atoms with Gasteiger partial charge in [-0.05, 0) is 24.3 Å². The molecule has 0 amide bonds. The largest absolute Gasteiger partial charge is 0.455 e. The Morgan fingerprint density at radius 1 is 1.13 bits per heavy atom. The number of allylic oxidation sites excluding steroid dienone is 1. The third kappa shape index (κ3) is 2.79. The lowest BCUT2D eigenvalue weighted by Crippen LogP contribution is -2.12. The summed E-state index contributed by atoms with van der Waals surface area (Å²) in [5.41, 5.74) is 6.22. The van der Waals surface area contributed by atoms with E-state index in [1.54, 1.807) is 18.2 Å². The first-order chi connectivity index (χ1) is 10.9. The number of nitrogens with two attached hydrogens (primary N) is 1. The molecule has 23 heavy (non-hydrogen) atoms. The van der Waals surface area contributed by atoms with Gasteiger partial charge < -0.3 is 15.3 Å². The highest BCUT2D eigenvalue weighted by atomic mass is 19.4. The van der Waals surface area contributed by atoms with E-state index in [9.17, 15) is 18.0 Å². The summed E-state index contributed by atoms with van der Waals surface area (Å²) in [5.74, 6) is -0.134. The van der Waals surface area contributed by atoms with Gasteiger partial charge in [0, 0.05) is 11.1 Å². The van der Waals surface area contributed by atoms with Crippen LogP contribution in [0, 0.1) is 0 Å². The van der Waals surface area contributed by atoms with E-state index in [-0.39, 0.29) is 11.3 Å². The Morgan fingerprint density at radius 3 is 2.57 bits per heavy atom. The van der Waals surface area contributed by atoms with Crippen LogP contribution >= 0.6 is 0 Å². The first-order valence-electron chi connectivity index (χ1n) is 6.81. The number of carbonyl (C=O) groups is 1. The van der Waals surface area contributed by atoms with E-state index in [1.807, 2.05) is 0 Å². The molecule has 1 heterocycles. The van der Waals surface area contributed by atoms with Crippen LogP contribution in [0.15, 0.2) is 48.5 Å². The average Bonchev–Trinajstić information content (AvgIpc) is 2.54. The molecule has 0 fully saturated rings. The molecule has 2 aromatic carbocycles. The van der Waals surface area contributed by atoms with Crippen molar-refractivity contribution >= 4 is 17.7 Å². The highest BCUT2D eigenvalue weighted by Gasteiger charge is 2.31. The molecule has 2 aromatic rings. The van der Waals surface area contributed by atoms with Gasteiger partial charge in [-0.25, -0.2) is 0 Å². The van der Waals surface area contributed by atoms with Crippen LogP contribution in [0.3, 0.4) is 0 Å². The summed E-state index contributed by atoms with van der Waals surface area (Å²) in [5, 5.41) is 0. The Morgan fingerprint density at radius 2 is 1.87 bits per heavy atom. The van der Waals surface area contributed by atoms with E-state index in [4.69, 9.17) is 10.5 Å². The molecule has 0 bridgehead atoms. The van der Waals surface area contributed by atoms with Crippen LogP contribution in [0.5, 0.6) is 5.75 Å². The van der Waals surface area contributed by atoms with E-state index in [2.05, 4.69) is 0 Å². The summed E-state index contributed by atoms with van der Waals surface area (Å²) in [6.07, 6.45) is -2.26. The van der Waals surface area contributed by atoms with Crippen LogP contribution in [-0.4, -0.2) is 6.29 Å². The Kier molecular flexibility index (Phi) is 3.60. The molecule has 118 valence electrons. The normalized spacial score (nSPS) is 17.0. The number of nitrogen functional groups attached to an aromatic ring is 1. The molecule has 0 saturated heterocycles. The summed E-state index contributed by atoms with van der Waals surface area (Å²) in [7, 11) is 0. The summed E-state index contributed by atoms with van der Waals surface area (Å²) < 4.78 is 44.2. The number of halogens is 3. The van der Waals surface area contributed by atoms with E-state index in [0.717, 1.165) is 12.1 Å². The topological polar surface area (TPSA) is 52.3 Å². The summed E-state index contributed by atoms with van der Waals surface area (Å²) >= 11 is 0. The lowest BCUT2D eigenvalue weighted by Gasteiger charge is -2.23. The molecule has 1 atom stereocenters. The van der Waals surface area contributed by atoms with Gasteiger partial charge in [0.05, 0.1) is 17.2 Å². The fourth-order valence-electron chi connectivity index (χ4n) is 2.47. The zero-order valence-corrected chi connectivity index (χ0v) is 11.8. The molecule has 6 heteroatoms. The van der Waals surface area contributed by atoms with Crippen molar-refractivity contribution < 1.29 is 22.7 Å². The van der Waals surface area contributed by atoms with Gasteiger partial charge in [0.15, 0.2) is 5.75 Å². The highest BCUT2D eigenvalue weighted by Crippen LogP contribution is 2.41. The van der Waals surface area contributed by atoms with Crippen molar-refractivity contribution in [2.24, 2.45) is 0 Å². The molecule has 3 nitrogen and oxygen atoms in total. The zero-order chi connectivity index (χ0) is 16.6. The van der Waals surface area contributed by atoms with Crippen LogP contribution in [-0.2, 0) is 11.0 Å². The Hall–Kier alpha value is -2.76. The summed E-state index contributed by atoms with van der Waals surface area (Å²) in [6, 6.07) is 9.75. The van der Waals surface area contributed by atoms with Crippen LogP contribution in [0.4, 0.5) is 18.9 Å². The number of hydrogen-bond donors (Lipinski definition) is 1. The molecule has 1 unspecified atom stereocenters. The van der Waals surface area contributed by atoms with Crippen molar-refractivity contribution in [3.05, 3.63) is 65.2 Å². The van der Waals surface area contributed by atoms with Crippen molar-refractivity contribution in [3.8, 4) is 5.75 Å². The maximum atomic E-state index is 12.8. The summed E-state index contributed by atoms with van der Waals surface area (Å²) in [4.78, 5) is 11.3. The second-order valence-corrected chi connectivity index (χ2v) is 5.14. The first-order valence-corrected chi connectivity index (χ1v) is 6.81. The second-order valence-electron chi connectivity index (χ2n) is 5.14. The average molecular weight is 319 g/mol. The summed E-state index contributed by atoms with van der Waals surface area (Å²) in [6.45, 7) is 0. The zero-order valence-electron chi connectivity index (χ0n) is 11.8. The van der Waals surface area contributed by atoms with Gasteiger partial charge in [0.25, 0.3) is 0 Å². The van der Waals surface area contributed by atoms with Crippen LogP contribution in [0.25, 0.3) is 5.76 Å². The number of benzene rings is 2. The molecule has 3 rings (SSSR count). The quantitative estimate of drug-likeness (QED) is 0.672. The molecule has 1 aliphatic rings. The number of para-hydroxylation sites is 1. The number of ether oxygens (including phenoxy) is 1. The van der Waals surface area contributed by atoms with Crippen molar-refractivity contribution in [2.75, 3.05) is 5.73 Å². The van der Waals surface area contributed by atoms with E-state index in [1.165, 1.54) is 18.2 Å². The minimum absolute atomic E-state index is 0.179. The van der Waals surface area contributed by atoms with Crippen LogP contribution in [0.2, 0.25) is 0 Å². The van der Waals surface area contributed by atoms with Gasteiger partial charge in [-0.2, -0.15) is 13.2 Å². The van der Waals surface area contributed by atoms with Gasteiger partial charge in [-0.15, -0.1) is 0 Å². The van der Waals surface area contributed by atoms with Crippen molar-refractivity contribution in [1.82, 2.24) is 0 Å². The molecular formula is C17H12F3NO2. The number of alkyl halides is 3. The van der Waals surface area contributed by atoms with Gasteiger partial charge in [-0.3, -0.25) is 0 Å². The SMILES string of the molecule is Nc1cccc2c1OC(c1cccc(C(F)(F)F)c1)=CC2C=O. The number of carbonyl (C=O) groups excluding carboxylic acids is 1. The van der Waals surface area contributed by atoms with E-state index < -0.39 is 17.7 Å². The molecule has 0 aliphatic carbocycles. The van der Waals surface area contributed by atoms with Crippen molar-refractivity contribution in [3.63, 3.8) is 0 Å². The van der Waals surface area contributed by atoms with Crippen molar-refractivity contribution in [1.29, 1.82) is 0 Å². The van der Waals surface area contributed by atoms with Gasteiger partial charge in [0.2, 0.25) is 0 Å². The third-order valence-electron chi connectivity index (χ3n) is 3.60. The van der Waals surface area contributed by atoms with Gasteiger partial charge in [0.1, 0.15) is 12.0 Å². The molecule has 0 aromatic heterocycles. The second kappa shape index (κ2) is 5.46. The third-order valence-corrected chi connectivity index (χ3v) is 3.60. The van der Waals surface area contributed by atoms with Gasteiger partial charge >= 0.3 is 6.18 Å². The molecule has 2 N–H and O–H groups in total. The number of hydrogen-bond acceptors (Lipinski definition) is 3. The standard InChI is InChI=1S/C17H12F3NO2/c18-17(19,20)12-4-1-3-10(7-12)15-8-11(9-22)13-5-2-6-14(21)16(13)23-15/h1-9,11H,21H2. The molecule has 0 spiro atoms.